The second kappa shape index (κ2) is 7.74. The number of hydrogen-bond donors (Lipinski definition) is 1. The second-order valence-corrected chi connectivity index (χ2v) is 7.39. The van der Waals surface area contributed by atoms with Crippen LogP contribution >= 0.6 is 11.3 Å². The Balaban J connectivity index is 1.62. The van der Waals surface area contributed by atoms with Gasteiger partial charge in [-0.15, -0.1) is 11.3 Å². The molecule has 3 aromatic heterocycles. The van der Waals surface area contributed by atoms with E-state index < -0.39 is 0 Å². The fraction of sp³-hybridized carbons (Fsp3) is 0.143. The van der Waals surface area contributed by atoms with Gasteiger partial charge in [-0.3, -0.25) is 9.20 Å². The number of carbonyl (C=O) groups excluding carboxylic acids is 1. The number of methoxy groups -OCH3 is 1. The van der Waals surface area contributed by atoms with E-state index in [4.69, 9.17) is 15.2 Å². The molecule has 6 nitrogen and oxygen atoms in total. The van der Waals surface area contributed by atoms with Crippen LogP contribution in [0.5, 0.6) is 11.5 Å². The highest BCUT2D eigenvalue weighted by Crippen LogP contribution is 2.37. The zero-order chi connectivity index (χ0) is 19.5. The quantitative estimate of drug-likeness (QED) is 0.519. The number of ether oxygens (including phenoxy) is 2. The number of amides is 1. The standard InChI is InChI=1S/C21H19N3O3S/c1-26-15-7-5-14(6-8-15)13-27-17-10-18(28-19(17)11-20(22)25)16-12-23-21-4-2-3-9-24(16)21/h2-10,12H,11,13H2,1H3,(H2,22,25). The number of nitrogens with two attached hydrogens (primary N) is 1. The SMILES string of the molecule is COc1ccc(COc2cc(-c3cnc4ccccn34)sc2CC(N)=O)cc1. The molecule has 0 aliphatic rings. The summed E-state index contributed by atoms with van der Waals surface area (Å²) in [4.78, 5) is 17.7. The molecule has 0 atom stereocenters. The van der Waals surface area contributed by atoms with Gasteiger partial charge in [0.2, 0.25) is 5.91 Å². The minimum atomic E-state index is -0.388. The van der Waals surface area contributed by atoms with Crippen molar-refractivity contribution in [1.82, 2.24) is 9.38 Å². The number of carbonyl (C=O) groups is 1. The lowest BCUT2D eigenvalue weighted by molar-refractivity contribution is -0.117. The van der Waals surface area contributed by atoms with Gasteiger partial charge in [0.25, 0.3) is 0 Å². The molecule has 1 amide bonds. The lowest BCUT2D eigenvalue weighted by Gasteiger charge is -2.07. The number of fused-ring (bicyclic) bond motifs is 1. The number of nitrogens with zero attached hydrogens (tertiary/aromatic N) is 2. The van der Waals surface area contributed by atoms with Crippen LogP contribution in [0.15, 0.2) is 60.9 Å². The van der Waals surface area contributed by atoms with Crippen molar-refractivity contribution in [2.45, 2.75) is 13.0 Å². The summed E-state index contributed by atoms with van der Waals surface area (Å²) in [5.74, 6) is 1.07. The molecule has 0 radical (unpaired) electrons. The molecule has 0 bridgehead atoms. The Bertz CT molecular complexity index is 1120. The molecular weight excluding hydrogens is 374 g/mol. The molecule has 0 fully saturated rings. The zero-order valence-electron chi connectivity index (χ0n) is 15.3. The third kappa shape index (κ3) is 3.70. The lowest BCUT2D eigenvalue weighted by Crippen LogP contribution is -2.13. The Kier molecular flexibility index (Phi) is 4.99. The average molecular weight is 393 g/mol. The van der Waals surface area contributed by atoms with E-state index in [9.17, 15) is 4.79 Å². The number of aromatic nitrogens is 2. The Morgan fingerprint density at radius 2 is 2.04 bits per heavy atom. The maximum atomic E-state index is 11.5. The van der Waals surface area contributed by atoms with Gasteiger partial charge in [0, 0.05) is 12.3 Å². The molecule has 0 saturated heterocycles. The third-order valence-electron chi connectivity index (χ3n) is 4.33. The van der Waals surface area contributed by atoms with Crippen LogP contribution < -0.4 is 15.2 Å². The monoisotopic (exact) mass is 393 g/mol. The van der Waals surface area contributed by atoms with Crippen molar-refractivity contribution in [1.29, 1.82) is 0 Å². The predicted molar refractivity (Wildman–Crippen MR) is 109 cm³/mol. The summed E-state index contributed by atoms with van der Waals surface area (Å²) >= 11 is 1.49. The molecule has 28 heavy (non-hydrogen) atoms. The molecule has 4 rings (SSSR count). The van der Waals surface area contributed by atoms with Crippen LogP contribution in [0.4, 0.5) is 0 Å². The van der Waals surface area contributed by atoms with Gasteiger partial charge < -0.3 is 15.2 Å². The average Bonchev–Trinajstić information content (AvgIpc) is 3.30. The van der Waals surface area contributed by atoms with Gasteiger partial charge in [-0.1, -0.05) is 18.2 Å². The number of primary amides is 1. The van der Waals surface area contributed by atoms with E-state index in [2.05, 4.69) is 4.98 Å². The van der Waals surface area contributed by atoms with E-state index in [0.29, 0.717) is 12.4 Å². The van der Waals surface area contributed by atoms with E-state index >= 15 is 0 Å². The summed E-state index contributed by atoms with van der Waals surface area (Å²) in [5, 5.41) is 0. The predicted octanol–water partition coefficient (Wildman–Crippen LogP) is 3.68. The molecule has 3 heterocycles. The number of benzene rings is 1. The number of imidazole rings is 1. The molecule has 7 heteroatoms. The maximum absolute atomic E-state index is 11.5. The van der Waals surface area contributed by atoms with Gasteiger partial charge in [0.1, 0.15) is 23.8 Å². The largest absolute Gasteiger partial charge is 0.497 e. The molecule has 1 aromatic carbocycles. The van der Waals surface area contributed by atoms with Crippen molar-refractivity contribution in [2.75, 3.05) is 7.11 Å². The van der Waals surface area contributed by atoms with Gasteiger partial charge in [-0.2, -0.15) is 0 Å². The smallest absolute Gasteiger partial charge is 0.222 e. The first-order valence-corrected chi connectivity index (χ1v) is 9.55. The second-order valence-electron chi connectivity index (χ2n) is 6.25. The molecule has 0 aliphatic heterocycles. The van der Waals surface area contributed by atoms with Crippen molar-refractivity contribution < 1.29 is 14.3 Å². The minimum Gasteiger partial charge on any atom is -0.497 e. The topological polar surface area (TPSA) is 78.8 Å². The Labute approximate surface area is 166 Å². The van der Waals surface area contributed by atoms with Crippen LogP contribution in [-0.2, 0) is 17.8 Å². The van der Waals surface area contributed by atoms with Crippen molar-refractivity contribution in [2.24, 2.45) is 5.73 Å². The van der Waals surface area contributed by atoms with Crippen molar-refractivity contribution >= 4 is 22.9 Å². The van der Waals surface area contributed by atoms with Crippen LogP contribution in [0.25, 0.3) is 16.2 Å². The summed E-state index contributed by atoms with van der Waals surface area (Å²) in [7, 11) is 1.63. The Morgan fingerprint density at radius 3 is 2.79 bits per heavy atom. The van der Waals surface area contributed by atoms with Gasteiger partial charge >= 0.3 is 0 Å². The normalized spacial score (nSPS) is 10.9. The van der Waals surface area contributed by atoms with E-state index in [1.807, 2.05) is 65.3 Å². The van der Waals surface area contributed by atoms with Crippen LogP contribution in [-0.4, -0.2) is 22.4 Å². The Hall–Kier alpha value is -3.32. The Morgan fingerprint density at radius 1 is 1.21 bits per heavy atom. The summed E-state index contributed by atoms with van der Waals surface area (Å²) in [6.07, 6.45) is 3.92. The van der Waals surface area contributed by atoms with Crippen LogP contribution in [0.3, 0.4) is 0 Å². The molecule has 142 valence electrons. The zero-order valence-corrected chi connectivity index (χ0v) is 16.1. The minimum absolute atomic E-state index is 0.138. The van der Waals surface area contributed by atoms with Crippen LogP contribution in [0, 0.1) is 0 Å². The van der Waals surface area contributed by atoms with E-state index in [-0.39, 0.29) is 12.3 Å². The highest BCUT2D eigenvalue weighted by atomic mass is 32.1. The maximum Gasteiger partial charge on any atom is 0.222 e. The van der Waals surface area contributed by atoms with Crippen molar-refractivity contribution in [3.8, 4) is 22.1 Å². The molecular formula is C21H19N3O3S. The number of hydrogen-bond acceptors (Lipinski definition) is 5. The fourth-order valence-corrected chi connectivity index (χ4v) is 4.06. The summed E-state index contributed by atoms with van der Waals surface area (Å²) < 4.78 is 13.2. The van der Waals surface area contributed by atoms with E-state index in [1.165, 1.54) is 11.3 Å². The van der Waals surface area contributed by atoms with Crippen LogP contribution in [0.2, 0.25) is 0 Å². The third-order valence-corrected chi connectivity index (χ3v) is 5.47. The first-order valence-electron chi connectivity index (χ1n) is 8.73. The van der Waals surface area contributed by atoms with Gasteiger partial charge in [0.15, 0.2) is 0 Å². The molecule has 0 saturated carbocycles. The number of rotatable bonds is 7. The highest BCUT2D eigenvalue weighted by molar-refractivity contribution is 7.15. The van der Waals surface area contributed by atoms with E-state index in [1.54, 1.807) is 7.11 Å². The van der Waals surface area contributed by atoms with Crippen molar-refractivity contribution in [3.63, 3.8) is 0 Å². The molecule has 4 aromatic rings. The molecule has 0 unspecified atom stereocenters. The van der Waals surface area contributed by atoms with E-state index in [0.717, 1.165) is 32.4 Å². The van der Waals surface area contributed by atoms with Gasteiger partial charge in [-0.05, 0) is 29.8 Å². The first kappa shape index (κ1) is 18.1. The van der Waals surface area contributed by atoms with Gasteiger partial charge in [-0.25, -0.2) is 4.98 Å². The lowest BCUT2D eigenvalue weighted by atomic mass is 10.2. The fourth-order valence-electron chi connectivity index (χ4n) is 2.94. The highest BCUT2D eigenvalue weighted by Gasteiger charge is 2.16. The van der Waals surface area contributed by atoms with Crippen LogP contribution in [0.1, 0.15) is 10.4 Å². The summed E-state index contributed by atoms with van der Waals surface area (Å²) in [6.45, 7) is 0.388. The van der Waals surface area contributed by atoms with Gasteiger partial charge in [0.05, 0.1) is 35.2 Å². The summed E-state index contributed by atoms with van der Waals surface area (Å²) in [6, 6.07) is 15.5. The molecule has 0 spiro atoms. The number of thiophene rings is 1. The summed E-state index contributed by atoms with van der Waals surface area (Å²) in [5.41, 5.74) is 8.25. The molecule has 0 aliphatic carbocycles. The first-order chi connectivity index (χ1) is 13.6. The number of pyridine rings is 1. The van der Waals surface area contributed by atoms with Crippen molar-refractivity contribution in [3.05, 3.63) is 71.4 Å². The molecule has 2 N–H and O–H groups in total.